The van der Waals surface area contributed by atoms with Crippen LogP contribution in [0.4, 0.5) is 0 Å². The SMILES string of the molecule is CC(C)[C@@H]1NC(=O)[C@H](CCCN=C(N)N)NC(=O)[C@H](Cc2ccccc2)NC(=O)[C@H](CCCCN)NC(=O)[C@H](CC(=O)O)NC(=O)[C@H]([C@@H](C)O)NC(=O)[C@H](CCC(=O)O)NC(=O)[C@H](C)NC(=O)[C@H](CC(=O)O)NC1=O. The van der Waals surface area contributed by atoms with Gasteiger partial charge < -0.3 is 85.5 Å². The van der Waals surface area contributed by atoms with E-state index >= 15 is 0 Å². The second-order valence-electron chi connectivity index (χ2n) is 18.1. The Morgan fingerprint density at radius 1 is 0.533 bits per heavy atom. The number of unbranched alkanes of at least 4 members (excludes halogenated alkanes) is 1. The van der Waals surface area contributed by atoms with Crippen LogP contribution in [0.2, 0.25) is 0 Å². The number of aliphatic hydroxyl groups excluding tert-OH is 1. The molecule has 1 fully saturated rings. The van der Waals surface area contributed by atoms with Gasteiger partial charge in [0.1, 0.15) is 54.4 Å². The lowest BCUT2D eigenvalue weighted by molar-refractivity contribution is -0.142. The van der Waals surface area contributed by atoms with Crippen molar-refractivity contribution in [3.8, 4) is 0 Å². The van der Waals surface area contributed by atoms with E-state index in [9.17, 15) is 78.0 Å². The van der Waals surface area contributed by atoms with E-state index in [-0.39, 0.29) is 51.2 Å². The van der Waals surface area contributed by atoms with Crippen LogP contribution in [0.1, 0.15) is 91.0 Å². The number of nitrogens with one attached hydrogen (secondary N) is 9. The molecular formula is C46H71N13O16. The summed E-state index contributed by atoms with van der Waals surface area (Å²) in [6, 6.07) is -7.22. The fraction of sp³-hybridized carbons (Fsp3) is 0.587. The lowest BCUT2D eigenvalue weighted by Crippen LogP contribution is -2.62. The van der Waals surface area contributed by atoms with Gasteiger partial charge in [-0.3, -0.25) is 62.5 Å². The molecule has 1 aromatic rings. The first-order valence-corrected chi connectivity index (χ1v) is 24.1. The van der Waals surface area contributed by atoms with Gasteiger partial charge in [-0.25, -0.2) is 0 Å². The molecule has 1 aliphatic rings. The number of aliphatic hydroxyl groups is 1. The number of carboxylic acid groups (broad SMARTS) is 3. The van der Waals surface area contributed by atoms with Gasteiger partial charge in [0.2, 0.25) is 53.2 Å². The average molecular weight is 1060 g/mol. The predicted octanol–water partition coefficient (Wildman–Crippen LogP) is -5.34. The molecule has 1 aliphatic heterocycles. The van der Waals surface area contributed by atoms with E-state index < -0.39 is 163 Å². The number of benzene rings is 1. The molecule has 0 unspecified atom stereocenters. The van der Waals surface area contributed by atoms with Gasteiger partial charge in [-0.15, -0.1) is 0 Å². The van der Waals surface area contributed by atoms with Crippen LogP contribution in [0.5, 0.6) is 0 Å². The summed E-state index contributed by atoms with van der Waals surface area (Å²) < 4.78 is 0. The Kier molecular flexibility index (Phi) is 26.6. The molecule has 9 amide bonds. The molecule has 1 saturated heterocycles. The lowest BCUT2D eigenvalue weighted by atomic mass is 10.0. The van der Waals surface area contributed by atoms with E-state index in [1.54, 1.807) is 30.3 Å². The van der Waals surface area contributed by atoms with Crippen LogP contribution in [0.15, 0.2) is 35.3 Å². The lowest BCUT2D eigenvalue weighted by Gasteiger charge is -2.29. The highest BCUT2D eigenvalue weighted by Crippen LogP contribution is 2.12. The van der Waals surface area contributed by atoms with Crippen molar-refractivity contribution in [2.45, 2.75) is 152 Å². The zero-order valence-electron chi connectivity index (χ0n) is 42.1. The van der Waals surface area contributed by atoms with Crippen LogP contribution < -0.4 is 65.1 Å². The molecule has 19 N–H and O–H groups in total. The van der Waals surface area contributed by atoms with Crippen LogP contribution in [0, 0.1) is 5.92 Å². The minimum Gasteiger partial charge on any atom is -0.481 e. The van der Waals surface area contributed by atoms with Crippen molar-refractivity contribution in [3.63, 3.8) is 0 Å². The molecule has 29 nitrogen and oxygen atoms in total. The molecular weight excluding hydrogens is 991 g/mol. The van der Waals surface area contributed by atoms with E-state index in [0.717, 1.165) is 13.8 Å². The van der Waals surface area contributed by atoms with Gasteiger partial charge in [0.15, 0.2) is 5.96 Å². The molecule has 0 saturated carbocycles. The Labute approximate surface area is 431 Å². The fourth-order valence-electron chi connectivity index (χ4n) is 7.36. The van der Waals surface area contributed by atoms with Crippen molar-refractivity contribution < 1.29 is 78.0 Å². The summed E-state index contributed by atoms with van der Waals surface area (Å²) in [7, 11) is 0. The molecule has 2 rings (SSSR count). The minimum absolute atomic E-state index is 0.0360. The molecule has 0 bridgehead atoms. The first-order valence-electron chi connectivity index (χ1n) is 24.1. The summed E-state index contributed by atoms with van der Waals surface area (Å²) in [5.74, 6) is -16.0. The highest BCUT2D eigenvalue weighted by Gasteiger charge is 2.38. The van der Waals surface area contributed by atoms with E-state index in [2.05, 4.69) is 52.8 Å². The third-order valence-electron chi connectivity index (χ3n) is 11.4. The topological polar surface area (TPSA) is 484 Å². The summed E-state index contributed by atoms with van der Waals surface area (Å²) >= 11 is 0. The predicted molar refractivity (Wildman–Crippen MR) is 264 cm³/mol. The number of nitrogens with zero attached hydrogens (tertiary/aromatic N) is 1. The maximum absolute atomic E-state index is 14.4. The third kappa shape index (κ3) is 22.8. The molecule has 416 valence electrons. The number of carboxylic acids is 3. The van der Waals surface area contributed by atoms with Crippen LogP contribution >= 0.6 is 0 Å². The second kappa shape index (κ2) is 31.6. The van der Waals surface area contributed by atoms with Crippen LogP contribution in [-0.4, -0.2) is 171 Å². The molecule has 75 heavy (non-hydrogen) atoms. The number of aliphatic imine (C=N–C) groups is 1. The standard InChI is InChI=1S/C46H71N13O16/c1-22(2)35-44(74)56-30(20-33(63)64)41(71)51-23(3)37(67)52-28(15-16-32(61)62)40(70)59-36(24(4)60)45(75)57-31(21-34(65)66)43(73)53-26(13-8-9-17-47)38(68)55-29(19-25-11-6-5-7-12-25)42(72)54-27(39(69)58-35)14-10-18-50-46(48)49/h5-7,11-12,22-24,26-31,35-36,60H,8-10,13-21,47H2,1-4H3,(H,51,71)(H,52,67)(H,53,73)(H,54,72)(H,55,68)(H,56,74)(H,57,75)(H,58,69)(H,59,70)(H,61,62)(H,63,64)(H,65,66)(H4,48,49,50)/t23-,24+,26-,27-,28-,29-,30-,31-,35-,36-/m0/s1. The van der Waals surface area contributed by atoms with Crippen LogP contribution in [-0.2, 0) is 64.0 Å². The van der Waals surface area contributed by atoms with Crippen molar-refractivity contribution >= 4 is 77.0 Å². The van der Waals surface area contributed by atoms with Crippen LogP contribution in [0.25, 0.3) is 0 Å². The van der Waals surface area contributed by atoms with Gasteiger partial charge in [-0.05, 0) is 70.4 Å². The monoisotopic (exact) mass is 1060 g/mol. The Bertz CT molecular complexity index is 2230. The fourth-order valence-corrected chi connectivity index (χ4v) is 7.36. The number of hydrogen-bond acceptors (Lipinski definition) is 15. The number of hydrogen-bond donors (Lipinski definition) is 16. The number of rotatable bonds is 19. The van der Waals surface area contributed by atoms with Gasteiger partial charge in [-0.2, -0.15) is 0 Å². The summed E-state index contributed by atoms with van der Waals surface area (Å²) in [5, 5.41) is 60.7. The van der Waals surface area contributed by atoms with Crippen LogP contribution in [0.3, 0.4) is 0 Å². The Morgan fingerprint density at radius 2 is 0.960 bits per heavy atom. The van der Waals surface area contributed by atoms with E-state index in [4.69, 9.17) is 17.2 Å². The molecule has 0 radical (unpaired) electrons. The average Bonchev–Trinajstić information content (AvgIpc) is 3.32. The quantitative estimate of drug-likeness (QED) is 0.0349. The Balaban J connectivity index is 2.87. The number of aliphatic carboxylic acids is 3. The summed E-state index contributed by atoms with van der Waals surface area (Å²) in [6.07, 6.45) is -5.37. The normalized spacial score (nSPS) is 24.7. The zero-order valence-corrected chi connectivity index (χ0v) is 42.1. The molecule has 1 heterocycles. The molecule has 0 spiro atoms. The van der Waals surface area contributed by atoms with Gasteiger partial charge >= 0.3 is 17.9 Å². The molecule has 1 aromatic carbocycles. The minimum atomic E-state index is -2.02. The number of amides is 9. The number of carbonyl (C=O) groups excluding carboxylic acids is 9. The maximum atomic E-state index is 14.4. The number of guanidine groups is 1. The third-order valence-corrected chi connectivity index (χ3v) is 11.4. The maximum Gasteiger partial charge on any atom is 0.305 e. The largest absolute Gasteiger partial charge is 0.481 e. The summed E-state index contributed by atoms with van der Waals surface area (Å²) in [4.78, 5) is 165. The summed E-state index contributed by atoms with van der Waals surface area (Å²) in [5.41, 5.74) is 17.2. The molecule has 0 aliphatic carbocycles. The Morgan fingerprint density at radius 3 is 1.45 bits per heavy atom. The molecule has 29 heteroatoms. The zero-order chi connectivity index (χ0) is 56.5. The second-order valence-corrected chi connectivity index (χ2v) is 18.1. The highest BCUT2D eigenvalue weighted by molar-refractivity contribution is 6.00. The van der Waals surface area contributed by atoms with Crippen molar-refractivity contribution in [2.75, 3.05) is 13.1 Å². The van der Waals surface area contributed by atoms with Gasteiger partial charge in [0, 0.05) is 19.4 Å². The summed E-state index contributed by atoms with van der Waals surface area (Å²) in [6.45, 7) is 5.23. The van der Waals surface area contributed by atoms with Crippen molar-refractivity contribution in [1.29, 1.82) is 0 Å². The van der Waals surface area contributed by atoms with Crippen molar-refractivity contribution in [2.24, 2.45) is 28.1 Å². The molecule has 10 atom stereocenters. The van der Waals surface area contributed by atoms with E-state index in [1.165, 1.54) is 13.8 Å². The van der Waals surface area contributed by atoms with Gasteiger partial charge in [0.25, 0.3) is 0 Å². The van der Waals surface area contributed by atoms with Gasteiger partial charge in [0.05, 0.1) is 18.9 Å². The van der Waals surface area contributed by atoms with E-state index in [0.29, 0.717) is 12.0 Å². The molecule has 0 aromatic heterocycles. The van der Waals surface area contributed by atoms with Crippen molar-refractivity contribution in [1.82, 2.24) is 47.9 Å². The highest BCUT2D eigenvalue weighted by atomic mass is 16.4. The van der Waals surface area contributed by atoms with Crippen molar-refractivity contribution in [3.05, 3.63) is 35.9 Å². The Hall–Kier alpha value is -7.95. The van der Waals surface area contributed by atoms with E-state index in [1.807, 2.05) is 0 Å². The first-order chi connectivity index (χ1) is 35.2. The smallest absolute Gasteiger partial charge is 0.305 e. The number of nitrogens with two attached hydrogens (primary N) is 3. The first kappa shape index (κ1) is 63.2. The number of carbonyl (C=O) groups is 12. The van der Waals surface area contributed by atoms with Gasteiger partial charge in [-0.1, -0.05) is 44.2 Å².